The van der Waals surface area contributed by atoms with E-state index in [1.54, 1.807) is 4.90 Å². The molecule has 5 heteroatoms. The Morgan fingerprint density at radius 2 is 2.00 bits per heavy atom. The number of aliphatic carboxylic acids is 1. The van der Waals surface area contributed by atoms with Crippen molar-refractivity contribution < 1.29 is 19.4 Å². The van der Waals surface area contributed by atoms with Crippen molar-refractivity contribution in [3.05, 3.63) is 35.4 Å². The van der Waals surface area contributed by atoms with Gasteiger partial charge in [-0.3, -0.25) is 9.59 Å². The first-order valence-electron chi connectivity index (χ1n) is 8.21. The molecule has 1 atom stereocenters. The molecular weight excluding hydrogens is 294 g/mol. The van der Waals surface area contributed by atoms with E-state index in [1.165, 1.54) is 11.1 Å². The van der Waals surface area contributed by atoms with Gasteiger partial charge in [0, 0.05) is 13.0 Å². The van der Waals surface area contributed by atoms with E-state index in [1.807, 2.05) is 0 Å². The van der Waals surface area contributed by atoms with Crippen molar-refractivity contribution in [3.8, 4) is 0 Å². The fourth-order valence-electron chi connectivity index (χ4n) is 2.86. The minimum Gasteiger partial charge on any atom is -0.481 e. The molecule has 1 aromatic carbocycles. The summed E-state index contributed by atoms with van der Waals surface area (Å²) in [4.78, 5) is 24.9. The van der Waals surface area contributed by atoms with Crippen molar-refractivity contribution in [1.29, 1.82) is 0 Å². The Morgan fingerprint density at radius 3 is 2.70 bits per heavy atom. The van der Waals surface area contributed by atoms with Crippen LogP contribution < -0.4 is 0 Å². The van der Waals surface area contributed by atoms with Crippen molar-refractivity contribution in [3.63, 3.8) is 0 Å². The minimum atomic E-state index is -0.891. The number of benzene rings is 1. The first-order valence-corrected chi connectivity index (χ1v) is 8.21. The number of morpholine rings is 1. The Morgan fingerprint density at radius 1 is 1.26 bits per heavy atom. The van der Waals surface area contributed by atoms with Crippen molar-refractivity contribution in [2.24, 2.45) is 0 Å². The first-order chi connectivity index (χ1) is 11.1. The van der Waals surface area contributed by atoms with Gasteiger partial charge in [-0.15, -0.1) is 0 Å². The quantitative estimate of drug-likeness (QED) is 0.784. The average molecular weight is 319 g/mol. The topological polar surface area (TPSA) is 66.8 Å². The van der Waals surface area contributed by atoms with Crippen molar-refractivity contribution in [2.45, 2.75) is 45.1 Å². The van der Waals surface area contributed by atoms with Gasteiger partial charge in [-0.1, -0.05) is 29.8 Å². The third-order valence-corrected chi connectivity index (χ3v) is 4.18. The highest BCUT2D eigenvalue weighted by molar-refractivity contribution is 5.77. The second-order valence-electron chi connectivity index (χ2n) is 6.11. The summed E-state index contributed by atoms with van der Waals surface area (Å²) in [6.45, 7) is 3.37. The largest absolute Gasteiger partial charge is 0.481 e. The lowest BCUT2D eigenvalue weighted by atomic mass is 10.0. The molecule has 1 amide bonds. The Labute approximate surface area is 137 Å². The standard InChI is InChI=1S/C18H25NO4/c1-14-6-8-15(9-7-14)4-2-3-5-17(20)19-10-11-23-13-16(19)12-18(21)22/h6-9,16H,2-5,10-13H2,1H3,(H,21,22). The van der Waals surface area contributed by atoms with E-state index in [4.69, 9.17) is 9.84 Å². The molecule has 0 spiro atoms. The van der Waals surface area contributed by atoms with Gasteiger partial charge in [0.25, 0.3) is 0 Å². The highest BCUT2D eigenvalue weighted by Crippen LogP contribution is 2.15. The van der Waals surface area contributed by atoms with Crippen LogP contribution in [-0.2, 0) is 20.7 Å². The zero-order chi connectivity index (χ0) is 16.7. The predicted octanol–water partition coefficient (Wildman–Crippen LogP) is 2.41. The van der Waals surface area contributed by atoms with Crippen LogP contribution in [0.3, 0.4) is 0 Å². The number of hydrogen-bond donors (Lipinski definition) is 1. The van der Waals surface area contributed by atoms with Crippen LogP contribution >= 0.6 is 0 Å². The van der Waals surface area contributed by atoms with Gasteiger partial charge in [-0.2, -0.15) is 0 Å². The molecule has 1 aromatic rings. The van der Waals surface area contributed by atoms with Gasteiger partial charge >= 0.3 is 5.97 Å². The van der Waals surface area contributed by atoms with Gasteiger partial charge in [0.15, 0.2) is 0 Å². The zero-order valence-corrected chi connectivity index (χ0v) is 13.7. The summed E-state index contributed by atoms with van der Waals surface area (Å²) in [5.74, 6) is -0.846. The number of carboxylic acid groups (broad SMARTS) is 1. The number of ether oxygens (including phenoxy) is 1. The predicted molar refractivity (Wildman–Crippen MR) is 87.3 cm³/mol. The van der Waals surface area contributed by atoms with Gasteiger partial charge in [0.05, 0.1) is 25.7 Å². The number of rotatable bonds is 7. The van der Waals surface area contributed by atoms with Crippen LogP contribution in [0, 0.1) is 6.92 Å². The van der Waals surface area contributed by atoms with Gasteiger partial charge in [-0.25, -0.2) is 0 Å². The molecule has 0 aromatic heterocycles. The summed E-state index contributed by atoms with van der Waals surface area (Å²) in [6, 6.07) is 8.13. The molecule has 1 fully saturated rings. The van der Waals surface area contributed by atoms with Crippen LogP contribution in [0.4, 0.5) is 0 Å². The molecule has 1 aliphatic heterocycles. The molecule has 1 N–H and O–H groups in total. The second-order valence-corrected chi connectivity index (χ2v) is 6.11. The van der Waals surface area contributed by atoms with E-state index in [2.05, 4.69) is 31.2 Å². The molecule has 0 saturated carbocycles. The minimum absolute atomic E-state index is 0.0449. The maximum Gasteiger partial charge on any atom is 0.305 e. The molecule has 126 valence electrons. The first kappa shape index (κ1) is 17.5. The highest BCUT2D eigenvalue weighted by atomic mass is 16.5. The summed E-state index contributed by atoms with van der Waals surface area (Å²) in [5.41, 5.74) is 2.54. The summed E-state index contributed by atoms with van der Waals surface area (Å²) in [5, 5.41) is 8.93. The Kier molecular flexibility index (Phi) is 6.59. The van der Waals surface area contributed by atoms with Crippen molar-refractivity contribution in [2.75, 3.05) is 19.8 Å². The van der Waals surface area contributed by atoms with E-state index in [0.717, 1.165) is 19.3 Å². The highest BCUT2D eigenvalue weighted by Gasteiger charge is 2.28. The summed E-state index contributed by atoms with van der Waals surface area (Å²) >= 11 is 0. The van der Waals surface area contributed by atoms with Crippen LogP contribution in [0.25, 0.3) is 0 Å². The molecule has 2 rings (SSSR count). The maximum atomic E-state index is 12.3. The fourth-order valence-corrected chi connectivity index (χ4v) is 2.86. The lowest BCUT2D eigenvalue weighted by Gasteiger charge is -2.35. The van der Waals surface area contributed by atoms with Crippen LogP contribution in [0.2, 0.25) is 0 Å². The van der Waals surface area contributed by atoms with Crippen LogP contribution in [0.1, 0.15) is 36.8 Å². The normalized spacial score (nSPS) is 18.0. The third kappa shape index (κ3) is 5.67. The molecule has 1 saturated heterocycles. The van der Waals surface area contributed by atoms with E-state index in [9.17, 15) is 9.59 Å². The van der Waals surface area contributed by atoms with Gasteiger partial charge in [-0.05, 0) is 31.7 Å². The lowest BCUT2D eigenvalue weighted by molar-refractivity contribution is -0.146. The molecular formula is C18H25NO4. The van der Waals surface area contributed by atoms with E-state index < -0.39 is 5.97 Å². The number of amides is 1. The van der Waals surface area contributed by atoms with Crippen LogP contribution in [0.15, 0.2) is 24.3 Å². The Balaban J connectivity index is 1.74. The van der Waals surface area contributed by atoms with Gasteiger partial charge in [0.1, 0.15) is 0 Å². The third-order valence-electron chi connectivity index (χ3n) is 4.18. The van der Waals surface area contributed by atoms with Crippen molar-refractivity contribution in [1.82, 2.24) is 4.90 Å². The molecule has 0 aliphatic carbocycles. The number of hydrogen-bond acceptors (Lipinski definition) is 3. The Bertz CT molecular complexity index is 526. The number of unbranched alkanes of at least 4 members (excludes halogenated alkanes) is 1. The fraction of sp³-hybridized carbons (Fsp3) is 0.556. The summed E-state index contributed by atoms with van der Waals surface area (Å²) in [7, 11) is 0. The number of nitrogens with zero attached hydrogens (tertiary/aromatic N) is 1. The van der Waals surface area contributed by atoms with Crippen molar-refractivity contribution >= 4 is 11.9 Å². The van der Waals surface area contributed by atoms with Gasteiger partial charge in [0.2, 0.25) is 5.91 Å². The number of aryl methyl sites for hydroxylation is 2. The number of carbonyl (C=O) groups excluding carboxylic acids is 1. The molecule has 0 radical (unpaired) electrons. The molecule has 1 aliphatic rings. The van der Waals surface area contributed by atoms with Gasteiger partial charge < -0.3 is 14.7 Å². The molecule has 0 bridgehead atoms. The zero-order valence-electron chi connectivity index (χ0n) is 13.7. The SMILES string of the molecule is Cc1ccc(CCCCC(=O)N2CCOCC2CC(=O)O)cc1. The van der Waals surface area contributed by atoms with E-state index >= 15 is 0 Å². The summed E-state index contributed by atoms with van der Waals surface area (Å²) < 4.78 is 5.30. The van der Waals surface area contributed by atoms with E-state index in [-0.39, 0.29) is 18.4 Å². The maximum absolute atomic E-state index is 12.3. The molecule has 1 heterocycles. The van der Waals surface area contributed by atoms with E-state index in [0.29, 0.717) is 26.2 Å². The smallest absolute Gasteiger partial charge is 0.305 e. The van der Waals surface area contributed by atoms with Crippen LogP contribution in [-0.4, -0.2) is 47.7 Å². The second kappa shape index (κ2) is 8.67. The average Bonchev–Trinajstić information content (AvgIpc) is 2.53. The molecule has 5 nitrogen and oxygen atoms in total. The number of carboxylic acids is 1. The van der Waals surface area contributed by atoms with Crippen LogP contribution in [0.5, 0.6) is 0 Å². The Hall–Kier alpha value is -1.88. The molecule has 23 heavy (non-hydrogen) atoms. The summed E-state index contributed by atoms with van der Waals surface area (Å²) in [6.07, 6.45) is 3.18. The molecule has 1 unspecified atom stereocenters. The number of carbonyl (C=O) groups is 2. The monoisotopic (exact) mass is 319 g/mol. The lowest BCUT2D eigenvalue weighted by Crippen LogP contribution is -2.49.